The van der Waals surface area contributed by atoms with Crippen LogP contribution < -0.4 is 14.8 Å². The van der Waals surface area contributed by atoms with E-state index in [4.69, 9.17) is 9.47 Å². The van der Waals surface area contributed by atoms with E-state index in [-0.39, 0.29) is 5.91 Å². The van der Waals surface area contributed by atoms with Crippen molar-refractivity contribution in [2.24, 2.45) is 0 Å². The molecule has 0 bridgehead atoms. The van der Waals surface area contributed by atoms with Gasteiger partial charge in [-0.15, -0.1) is 0 Å². The standard InChI is InChI=1S/C22H29NO3/c1-5-18-7-9-19(10-8-18)26-21(6-2)22(24)23-11-12-25-20-14-16(3)13-17(4)15-20/h7-10,13-15,21H,5-6,11-12H2,1-4H3,(H,23,24)/t21-/m0/s1. The molecule has 0 aromatic heterocycles. The van der Waals surface area contributed by atoms with Gasteiger partial charge in [-0.3, -0.25) is 4.79 Å². The third-order valence-electron chi connectivity index (χ3n) is 4.14. The first-order chi connectivity index (χ1) is 12.5. The van der Waals surface area contributed by atoms with Gasteiger partial charge in [-0.1, -0.05) is 32.0 Å². The van der Waals surface area contributed by atoms with Crippen LogP contribution in [0.25, 0.3) is 0 Å². The molecule has 0 heterocycles. The van der Waals surface area contributed by atoms with Crippen molar-refractivity contribution < 1.29 is 14.3 Å². The fraction of sp³-hybridized carbons (Fsp3) is 0.409. The van der Waals surface area contributed by atoms with Crippen LogP contribution in [-0.4, -0.2) is 25.2 Å². The maximum atomic E-state index is 12.3. The minimum Gasteiger partial charge on any atom is -0.492 e. The summed E-state index contributed by atoms with van der Waals surface area (Å²) in [7, 11) is 0. The van der Waals surface area contributed by atoms with Crippen LogP contribution >= 0.6 is 0 Å². The fourth-order valence-corrected chi connectivity index (χ4v) is 2.76. The molecule has 0 fully saturated rings. The molecule has 1 N–H and O–H groups in total. The molecular weight excluding hydrogens is 326 g/mol. The van der Waals surface area contributed by atoms with Crippen LogP contribution in [0, 0.1) is 13.8 Å². The number of carbonyl (C=O) groups excluding carboxylic acids is 1. The molecular formula is C22H29NO3. The largest absolute Gasteiger partial charge is 0.492 e. The van der Waals surface area contributed by atoms with Gasteiger partial charge in [0, 0.05) is 0 Å². The van der Waals surface area contributed by atoms with E-state index in [1.54, 1.807) is 0 Å². The highest BCUT2D eigenvalue weighted by Gasteiger charge is 2.17. The molecule has 2 rings (SSSR count). The van der Waals surface area contributed by atoms with Crippen molar-refractivity contribution >= 4 is 5.91 Å². The van der Waals surface area contributed by atoms with Crippen LogP contribution in [0.2, 0.25) is 0 Å². The van der Waals surface area contributed by atoms with Crippen LogP contribution in [0.3, 0.4) is 0 Å². The number of hydrogen-bond donors (Lipinski definition) is 1. The molecule has 0 radical (unpaired) electrons. The summed E-state index contributed by atoms with van der Waals surface area (Å²) in [6, 6.07) is 14.0. The van der Waals surface area contributed by atoms with E-state index < -0.39 is 6.10 Å². The lowest BCUT2D eigenvalue weighted by Crippen LogP contribution is -2.39. The lowest BCUT2D eigenvalue weighted by atomic mass is 10.1. The zero-order valence-corrected chi connectivity index (χ0v) is 16.2. The highest BCUT2D eigenvalue weighted by molar-refractivity contribution is 5.81. The maximum absolute atomic E-state index is 12.3. The van der Waals surface area contributed by atoms with Gasteiger partial charge in [0.1, 0.15) is 18.1 Å². The third-order valence-corrected chi connectivity index (χ3v) is 4.14. The van der Waals surface area contributed by atoms with Crippen LogP contribution in [0.1, 0.15) is 37.0 Å². The lowest BCUT2D eigenvalue weighted by molar-refractivity contribution is -0.128. The lowest BCUT2D eigenvalue weighted by Gasteiger charge is -2.17. The summed E-state index contributed by atoms with van der Waals surface area (Å²) < 4.78 is 11.5. The van der Waals surface area contributed by atoms with Gasteiger partial charge in [-0.05, 0) is 67.6 Å². The Morgan fingerprint density at radius 3 is 2.23 bits per heavy atom. The van der Waals surface area contributed by atoms with E-state index in [1.807, 2.05) is 57.2 Å². The summed E-state index contributed by atoms with van der Waals surface area (Å²) in [6.07, 6.45) is 1.10. The molecule has 0 aliphatic rings. The summed E-state index contributed by atoms with van der Waals surface area (Å²) in [4.78, 5) is 12.3. The fourth-order valence-electron chi connectivity index (χ4n) is 2.76. The van der Waals surface area contributed by atoms with Crippen LogP contribution in [0.5, 0.6) is 11.5 Å². The van der Waals surface area contributed by atoms with E-state index in [0.29, 0.717) is 19.6 Å². The Hall–Kier alpha value is -2.49. The van der Waals surface area contributed by atoms with Gasteiger partial charge < -0.3 is 14.8 Å². The van der Waals surface area contributed by atoms with Crippen molar-refractivity contribution in [3.8, 4) is 11.5 Å². The van der Waals surface area contributed by atoms with Crippen molar-refractivity contribution in [3.63, 3.8) is 0 Å². The Bertz CT molecular complexity index is 690. The molecule has 1 amide bonds. The molecule has 2 aromatic carbocycles. The number of nitrogens with one attached hydrogen (secondary N) is 1. The molecule has 0 aliphatic heterocycles. The SMILES string of the molecule is CCc1ccc(O[C@@H](CC)C(=O)NCCOc2cc(C)cc(C)c2)cc1. The van der Waals surface area contributed by atoms with E-state index in [2.05, 4.69) is 18.3 Å². The molecule has 1 atom stereocenters. The van der Waals surface area contributed by atoms with Gasteiger partial charge in [0.05, 0.1) is 6.54 Å². The second kappa shape index (κ2) is 9.85. The average molecular weight is 355 g/mol. The first-order valence-corrected chi connectivity index (χ1v) is 9.26. The smallest absolute Gasteiger partial charge is 0.261 e. The van der Waals surface area contributed by atoms with Crippen LogP contribution in [-0.2, 0) is 11.2 Å². The van der Waals surface area contributed by atoms with Crippen molar-refractivity contribution in [2.75, 3.05) is 13.2 Å². The molecule has 0 spiro atoms. The third kappa shape index (κ3) is 6.10. The Kier molecular flexibility index (Phi) is 7.52. The van der Waals surface area contributed by atoms with E-state index in [1.165, 1.54) is 5.56 Å². The monoisotopic (exact) mass is 355 g/mol. The van der Waals surface area contributed by atoms with Gasteiger partial charge in [-0.2, -0.15) is 0 Å². The van der Waals surface area contributed by atoms with Crippen LogP contribution in [0.4, 0.5) is 0 Å². The van der Waals surface area contributed by atoms with Crippen LogP contribution in [0.15, 0.2) is 42.5 Å². The van der Waals surface area contributed by atoms with Gasteiger partial charge in [0.25, 0.3) is 5.91 Å². The molecule has 0 unspecified atom stereocenters. The maximum Gasteiger partial charge on any atom is 0.261 e. The topological polar surface area (TPSA) is 47.6 Å². The van der Waals surface area contributed by atoms with E-state index in [9.17, 15) is 4.79 Å². The highest BCUT2D eigenvalue weighted by atomic mass is 16.5. The Morgan fingerprint density at radius 2 is 1.65 bits per heavy atom. The number of benzene rings is 2. The molecule has 26 heavy (non-hydrogen) atoms. The van der Waals surface area contributed by atoms with Crippen molar-refractivity contribution in [2.45, 2.75) is 46.6 Å². The van der Waals surface area contributed by atoms with Gasteiger partial charge in [-0.25, -0.2) is 0 Å². The number of amides is 1. The Labute approximate surface area is 156 Å². The normalized spacial score (nSPS) is 11.7. The summed E-state index contributed by atoms with van der Waals surface area (Å²) in [5, 5.41) is 2.89. The number of rotatable bonds is 9. The van der Waals surface area contributed by atoms with Gasteiger partial charge >= 0.3 is 0 Å². The second-order valence-electron chi connectivity index (χ2n) is 6.48. The van der Waals surface area contributed by atoms with Gasteiger partial charge in [0.15, 0.2) is 6.10 Å². The Balaban J connectivity index is 1.79. The molecule has 140 valence electrons. The quantitative estimate of drug-likeness (QED) is 0.685. The minimum atomic E-state index is -0.497. The predicted molar refractivity (Wildman–Crippen MR) is 105 cm³/mol. The summed E-state index contributed by atoms with van der Waals surface area (Å²) in [5.74, 6) is 1.43. The number of carbonyl (C=O) groups is 1. The molecule has 2 aromatic rings. The van der Waals surface area contributed by atoms with E-state index >= 15 is 0 Å². The first kappa shape index (κ1) is 19.8. The van der Waals surface area contributed by atoms with Gasteiger partial charge in [0.2, 0.25) is 0 Å². The van der Waals surface area contributed by atoms with Crippen molar-refractivity contribution in [1.82, 2.24) is 5.32 Å². The molecule has 4 heteroatoms. The average Bonchev–Trinajstić information content (AvgIpc) is 2.62. The number of hydrogen-bond acceptors (Lipinski definition) is 3. The molecule has 0 saturated heterocycles. The molecule has 0 saturated carbocycles. The zero-order chi connectivity index (χ0) is 18.9. The summed E-state index contributed by atoms with van der Waals surface area (Å²) in [6.45, 7) is 9.00. The molecule has 4 nitrogen and oxygen atoms in total. The second-order valence-corrected chi connectivity index (χ2v) is 6.48. The number of ether oxygens (including phenoxy) is 2. The molecule has 0 aliphatic carbocycles. The predicted octanol–water partition coefficient (Wildman–Crippen LogP) is 4.22. The first-order valence-electron chi connectivity index (χ1n) is 9.26. The summed E-state index contributed by atoms with van der Waals surface area (Å²) >= 11 is 0. The highest BCUT2D eigenvalue weighted by Crippen LogP contribution is 2.17. The number of aryl methyl sites for hydroxylation is 3. The zero-order valence-electron chi connectivity index (χ0n) is 16.2. The summed E-state index contributed by atoms with van der Waals surface area (Å²) in [5.41, 5.74) is 3.58. The minimum absolute atomic E-state index is 0.115. The van der Waals surface area contributed by atoms with Crippen molar-refractivity contribution in [3.05, 3.63) is 59.2 Å². The Morgan fingerprint density at radius 1 is 1.00 bits per heavy atom. The van der Waals surface area contributed by atoms with E-state index in [0.717, 1.165) is 29.0 Å². The van der Waals surface area contributed by atoms with Crippen molar-refractivity contribution in [1.29, 1.82) is 0 Å².